The molecular weight excluding hydrogens is 749 g/mol. The van der Waals surface area contributed by atoms with Gasteiger partial charge in [0.25, 0.3) is 10.1 Å². The summed E-state index contributed by atoms with van der Waals surface area (Å²) in [4.78, 5) is 41.2. The maximum Gasteiger partial charge on any atom is 0.338 e. The molecule has 11 nitrogen and oxygen atoms in total. The van der Waals surface area contributed by atoms with Crippen molar-refractivity contribution in [3.05, 3.63) is 137 Å². The lowest BCUT2D eigenvalue weighted by Crippen LogP contribution is -2.63. The first-order chi connectivity index (χ1) is 27.2. The second-order valence-electron chi connectivity index (χ2n) is 14.5. The Morgan fingerprint density at radius 1 is 0.649 bits per heavy atom. The van der Waals surface area contributed by atoms with E-state index >= 15 is 0 Å². The molecule has 1 saturated heterocycles. The Balaban J connectivity index is 1.61. The van der Waals surface area contributed by atoms with Crippen molar-refractivity contribution in [1.29, 1.82) is 0 Å². The van der Waals surface area contributed by atoms with Gasteiger partial charge in [-0.25, -0.2) is 14.4 Å². The molecule has 4 aromatic carbocycles. The second kappa shape index (κ2) is 19.2. The molecule has 0 bridgehead atoms. The predicted molar refractivity (Wildman–Crippen MR) is 212 cm³/mol. The van der Waals surface area contributed by atoms with Crippen molar-refractivity contribution in [3.8, 4) is 12.3 Å². The van der Waals surface area contributed by atoms with Crippen LogP contribution in [0.25, 0.3) is 0 Å². The zero-order chi connectivity index (χ0) is 41.3. The standard InChI is InChI=1S/C45H48O11S/c1-8-24-51-45-40(56-44(48)33-22-16-11-17-23-33)39(55-43(47)32-20-14-10-15-21-32)38(54-42(46)31-18-12-9-13-19-31)37(53-45)27-52-57(49,50)41-35(29(4)5)25-34(28(2)3)26-36(41)30(6)7/h1,9-23,25-26,28-30,37-40,45H,24,27H2,2-7H3/t37-,38-,39+,40+,45-/m1/s1. The number of hydrogen-bond donors (Lipinski definition) is 0. The fourth-order valence-corrected chi connectivity index (χ4v) is 7.97. The van der Waals surface area contributed by atoms with E-state index in [1.807, 2.05) is 53.7 Å². The SMILES string of the molecule is C#CCO[C@@H]1O[C@H](COS(=O)(=O)c2c(C(C)C)cc(C(C)C)cc2C(C)C)[C@@H](OC(=O)c2ccccc2)[C@H](OC(=O)c2ccccc2)[C@@H]1OC(=O)c1ccccc1. The highest BCUT2D eigenvalue weighted by atomic mass is 32.2. The molecule has 0 saturated carbocycles. The summed E-state index contributed by atoms with van der Waals surface area (Å²) in [5.41, 5.74) is 2.57. The molecule has 1 aliphatic heterocycles. The molecule has 0 unspecified atom stereocenters. The molecule has 0 amide bonds. The van der Waals surface area contributed by atoms with Gasteiger partial charge >= 0.3 is 17.9 Å². The number of hydrogen-bond acceptors (Lipinski definition) is 11. The first kappa shape index (κ1) is 42.8. The summed E-state index contributed by atoms with van der Waals surface area (Å²) in [6.07, 6.45) is -2.29. The number of benzene rings is 4. The molecule has 0 radical (unpaired) electrons. The van der Waals surface area contributed by atoms with E-state index in [1.54, 1.807) is 54.6 Å². The van der Waals surface area contributed by atoms with E-state index < -0.39 is 65.3 Å². The number of carbonyl (C=O) groups excluding carboxylic acids is 3. The highest BCUT2D eigenvalue weighted by Gasteiger charge is 2.54. The van der Waals surface area contributed by atoms with Gasteiger partial charge in [0, 0.05) is 0 Å². The first-order valence-corrected chi connectivity index (χ1v) is 20.2. The molecule has 300 valence electrons. The Bertz CT molecular complexity index is 2110. The van der Waals surface area contributed by atoms with E-state index in [0.29, 0.717) is 11.1 Å². The topological polar surface area (TPSA) is 141 Å². The van der Waals surface area contributed by atoms with Gasteiger partial charge in [0.2, 0.25) is 0 Å². The summed E-state index contributed by atoms with van der Waals surface area (Å²) in [6.45, 7) is 10.6. The average molecular weight is 797 g/mol. The largest absolute Gasteiger partial charge is 0.452 e. The van der Waals surface area contributed by atoms with Gasteiger partial charge < -0.3 is 23.7 Å². The van der Waals surface area contributed by atoms with E-state index in [2.05, 4.69) is 5.92 Å². The molecule has 1 fully saturated rings. The van der Waals surface area contributed by atoms with Gasteiger partial charge in [0.1, 0.15) is 17.6 Å². The molecule has 4 aromatic rings. The molecule has 5 rings (SSSR count). The van der Waals surface area contributed by atoms with Gasteiger partial charge in [-0.15, -0.1) is 6.42 Å². The molecule has 1 heterocycles. The quantitative estimate of drug-likeness (QED) is 0.0504. The van der Waals surface area contributed by atoms with Crippen molar-refractivity contribution in [1.82, 2.24) is 0 Å². The van der Waals surface area contributed by atoms with Crippen LogP contribution in [0.2, 0.25) is 0 Å². The molecule has 1 aliphatic rings. The lowest BCUT2D eigenvalue weighted by Gasteiger charge is -2.44. The molecule has 0 aromatic heterocycles. The molecule has 0 aliphatic carbocycles. The second-order valence-corrected chi connectivity index (χ2v) is 16.0. The summed E-state index contributed by atoms with van der Waals surface area (Å²) < 4.78 is 64.9. The van der Waals surface area contributed by atoms with Gasteiger partial charge in [-0.2, -0.15) is 8.42 Å². The third kappa shape index (κ3) is 10.6. The maximum absolute atomic E-state index is 14.4. The highest BCUT2D eigenvalue weighted by Crippen LogP contribution is 2.37. The van der Waals surface area contributed by atoms with Gasteiger partial charge in [0.15, 0.2) is 24.6 Å². The number of carbonyl (C=O) groups is 3. The number of terminal acetylenes is 1. The number of rotatable bonds is 15. The Morgan fingerprint density at radius 2 is 1.07 bits per heavy atom. The summed E-state index contributed by atoms with van der Waals surface area (Å²) in [5, 5.41) is 0. The third-order valence-electron chi connectivity index (χ3n) is 9.40. The maximum atomic E-state index is 14.4. The summed E-state index contributed by atoms with van der Waals surface area (Å²) >= 11 is 0. The van der Waals surface area contributed by atoms with Crippen molar-refractivity contribution >= 4 is 28.0 Å². The molecule has 5 atom stereocenters. The van der Waals surface area contributed by atoms with E-state index in [-0.39, 0.29) is 45.9 Å². The smallest absolute Gasteiger partial charge is 0.338 e. The van der Waals surface area contributed by atoms with Crippen molar-refractivity contribution in [3.63, 3.8) is 0 Å². The Hall–Kier alpha value is -5.32. The Kier molecular flexibility index (Phi) is 14.4. The Morgan fingerprint density at radius 3 is 1.47 bits per heavy atom. The minimum absolute atomic E-state index is 0.0346. The van der Waals surface area contributed by atoms with Crippen molar-refractivity contribution < 1.29 is 50.7 Å². The van der Waals surface area contributed by atoms with Crippen LogP contribution < -0.4 is 0 Å². The van der Waals surface area contributed by atoms with Crippen LogP contribution in [0.1, 0.15) is 107 Å². The normalized spacial score (nSPS) is 19.5. The molecule has 57 heavy (non-hydrogen) atoms. The van der Waals surface area contributed by atoms with Gasteiger partial charge in [-0.05, 0) is 70.8 Å². The first-order valence-electron chi connectivity index (χ1n) is 18.8. The van der Waals surface area contributed by atoms with E-state index in [1.165, 1.54) is 36.4 Å². The molecule has 0 N–H and O–H groups in total. The molecule has 12 heteroatoms. The Labute approximate surface area is 334 Å². The van der Waals surface area contributed by atoms with Crippen LogP contribution in [0.15, 0.2) is 108 Å². The van der Waals surface area contributed by atoms with Gasteiger partial charge in [-0.3, -0.25) is 4.18 Å². The molecule has 0 spiro atoms. The van der Waals surface area contributed by atoms with Crippen LogP contribution in [0.3, 0.4) is 0 Å². The minimum atomic E-state index is -4.53. The van der Waals surface area contributed by atoms with Crippen molar-refractivity contribution in [2.75, 3.05) is 13.2 Å². The summed E-state index contributed by atoms with van der Waals surface area (Å²) in [7, 11) is -4.53. The summed E-state index contributed by atoms with van der Waals surface area (Å²) in [5.74, 6) is -0.464. The van der Waals surface area contributed by atoms with Crippen LogP contribution in [-0.2, 0) is 38.0 Å². The van der Waals surface area contributed by atoms with E-state index in [4.69, 9.17) is 34.3 Å². The predicted octanol–water partition coefficient (Wildman–Crippen LogP) is 7.81. The van der Waals surface area contributed by atoms with Crippen LogP contribution in [-0.4, -0.2) is 70.2 Å². The third-order valence-corrected chi connectivity index (χ3v) is 10.8. The number of ether oxygens (including phenoxy) is 5. The van der Waals surface area contributed by atoms with Gasteiger partial charge in [-0.1, -0.05) is 114 Å². The minimum Gasteiger partial charge on any atom is -0.452 e. The van der Waals surface area contributed by atoms with E-state index in [9.17, 15) is 22.8 Å². The highest BCUT2D eigenvalue weighted by molar-refractivity contribution is 7.86. The van der Waals surface area contributed by atoms with Crippen LogP contribution in [0, 0.1) is 12.3 Å². The fourth-order valence-electron chi connectivity index (χ4n) is 6.37. The number of esters is 3. The monoisotopic (exact) mass is 796 g/mol. The zero-order valence-corrected chi connectivity index (χ0v) is 33.6. The van der Waals surface area contributed by atoms with Crippen LogP contribution in [0.5, 0.6) is 0 Å². The fraction of sp³-hybridized carbons (Fsp3) is 0.356. The van der Waals surface area contributed by atoms with E-state index in [0.717, 1.165) is 5.56 Å². The van der Waals surface area contributed by atoms with Crippen molar-refractivity contribution in [2.45, 2.75) is 94.9 Å². The lowest BCUT2D eigenvalue weighted by atomic mass is 9.89. The lowest BCUT2D eigenvalue weighted by molar-refractivity contribution is -0.294. The average Bonchev–Trinajstić information content (AvgIpc) is 3.21. The summed E-state index contributed by atoms with van der Waals surface area (Å²) in [6, 6.07) is 27.8. The van der Waals surface area contributed by atoms with Crippen molar-refractivity contribution in [2.24, 2.45) is 0 Å². The van der Waals surface area contributed by atoms with Crippen LogP contribution in [0.4, 0.5) is 0 Å². The zero-order valence-electron chi connectivity index (χ0n) is 32.8. The van der Waals surface area contributed by atoms with Gasteiger partial charge in [0.05, 0.1) is 23.3 Å². The van der Waals surface area contributed by atoms with Crippen LogP contribution >= 0.6 is 0 Å². The molecular formula is C45H48O11S.